The number of aromatic nitrogens is 2. The smallest absolute Gasteiger partial charge is 0.407 e. The molecule has 0 bridgehead atoms. The van der Waals surface area contributed by atoms with Crippen LogP contribution in [0, 0.1) is 12.8 Å². The molecule has 0 aliphatic heterocycles. The Labute approximate surface area is 132 Å². The molecule has 0 aromatic carbocycles. The molecular weight excluding hydrogens is 280 g/mol. The molecule has 1 aliphatic carbocycles. The Hall–Kier alpha value is -1.56. The number of rotatable bonds is 6. The van der Waals surface area contributed by atoms with E-state index >= 15 is 0 Å². The topological polar surface area (TPSA) is 79.0 Å². The number of carbonyl (C=O) groups is 1. The van der Waals surface area contributed by atoms with Gasteiger partial charge in [0.15, 0.2) is 0 Å². The van der Waals surface area contributed by atoms with Crippen LogP contribution in [0.2, 0.25) is 0 Å². The van der Waals surface area contributed by atoms with Crippen LogP contribution in [-0.2, 0) is 11.3 Å². The summed E-state index contributed by atoms with van der Waals surface area (Å²) in [6, 6.07) is 0. The van der Waals surface area contributed by atoms with Gasteiger partial charge in [-0.15, -0.1) is 0 Å². The second-order valence-electron chi connectivity index (χ2n) is 7.39. The largest absolute Gasteiger partial charge is 0.444 e. The van der Waals surface area contributed by atoms with Gasteiger partial charge in [0.25, 0.3) is 0 Å². The second-order valence-corrected chi connectivity index (χ2v) is 7.39. The highest BCUT2D eigenvalue weighted by Crippen LogP contribution is 2.39. The van der Waals surface area contributed by atoms with Gasteiger partial charge in [-0.2, -0.15) is 0 Å². The van der Waals surface area contributed by atoms with Crippen molar-refractivity contribution >= 4 is 6.09 Å². The quantitative estimate of drug-likeness (QED) is 0.754. The molecule has 0 saturated heterocycles. The summed E-state index contributed by atoms with van der Waals surface area (Å²) < 4.78 is 5.31. The molecule has 1 amide bonds. The van der Waals surface area contributed by atoms with E-state index in [1.54, 1.807) is 0 Å². The zero-order valence-electron chi connectivity index (χ0n) is 14.2. The first-order valence-corrected chi connectivity index (χ1v) is 7.90. The highest BCUT2D eigenvalue weighted by atomic mass is 16.6. The Morgan fingerprint density at radius 2 is 2.09 bits per heavy atom. The summed E-state index contributed by atoms with van der Waals surface area (Å²) in [5.74, 6) is 1.50. The Kier molecular flexibility index (Phi) is 4.80. The van der Waals surface area contributed by atoms with E-state index in [-0.39, 0.29) is 11.6 Å². The van der Waals surface area contributed by atoms with Crippen LogP contribution in [-0.4, -0.2) is 33.7 Å². The highest BCUT2D eigenvalue weighted by Gasteiger charge is 2.41. The molecule has 22 heavy (non-hydrogen) atoms. The molecule has 1 atom stereocenters. The summed E-state index contributed by atoms with van der Waals surface area (Å²) in [5.41, 5.74) is 0.457. The van der Waals surface area contributed by atoms with Crippen LogP contribution in [0.15, 0.2) is 6.20 Å². The molecule has 1 aliphatic rings. The van der Waals surface area contributed by atoms with Gasteiger partial charge in [-0.05, 0) is 53.4 Å². The number of aryl methyl sites for hydroxylation is 1. The summed E-state index contributed by atoms with van der Waals surface area (Å²) in [4.78, 5) is 19.3. The number of hydrogen-bond donors (Lipinski definition) is 3. The third kappa shape index (κ3) is 5.02. The van der Waals surface area contributed by atoms with Gasteiger partial charge in [0, 0.05) is 30.5 Å². The first-order valence-electron chi connectivity index (χ1n) is 7.90. The molecule has 1 aromatic heterocycles. The Morgan fingerprint density at radius 3 is 2.59 bits per heavy atom. The van der Waals surface area contributed by atoms with Gasteiger partial charge in [0.1, 0.15) is 11.4 Å². The molecular formula is C16H28N4O2. The molecule has 2 rings (SSSR count). The average molecular weight is 308 g/mol. The van der Waals surface area contributed by atoms with Crippen molar-refractivity contribution < 1.29 is 9.53 Å². The lowest BCUT2D eigenvalue weighted by atomic mass is 9.95. The third-order valence-electron chi connectivity index (χ3n) is 3.92. The van der Waals surface area contributed by atoms with E-state index in [1.807, 2.05) is 33.9 Å². The lowest BCUT2D eigenvalue weighted by Crippen LogP contribution is -2.53. The number of carbonyl (C=O) groups excluding carboxylic acids is 1. The predicted octanol–water partition coefficient (Wildman–Crippen LogP) is 2.50. The average Bonchev–Trinajstić information content (AvgIpc) is 3.16. The zero-order chi connectivity index (χ0) is 16.4. The van der Waals surface area contributed by atoms with Gasteiger partial charge < -0.3 is 20.4 Å². The fourth-order valence-corrected chi connectivity index (χ4v) is 2.50. The Bertz CT molecular complexity index is 516. The molecule has 0 radical (unpaired) electrons. The number of imidazole rings is 1. The van der Waals surface area contributed by atoms with Crippen molar-refractivity contribution in [2.75, 3.05) is 6.54 Å². The second kappa shape index (κ2) is 6.28. The zero-order valence-corrected chi connectivity index (χ0v) is 14.2. The van der Waals surface area contributed by atoms with Gasteiger partial charge in [-0.3, -0.25) is 0 Å². The van der Waals surface area contributed by atoms with Crippen molar-refractivity contribution in [1.82, 2.24) is 20.6 Å². The molecule has 3 N–H and O–H groups in total. The molecule has 1 unspecified atom stereocenters. The van der Waals surface area contributed by atoms with E-state index in [0.29, 0.717) is 19.0 Å². The molecule has 6 nitrogen and oxygen atoms in total. The van der Waals surface area contributed by atoms with E-state index in [9.17, 15) is 4.79 Å². The van der Waals surface area contributed by atoms with Gasteiger partial charge in [0.05, 0.1) is 0 Å². The predicted molar refractivity (Wildman–Crippen MR) is 85.5 cm³/mol. The molecule has 0 spiro atoms. The number of H-pyrrole nitrogens is 1. The third-order valence-corrected chi connectivity index (χ3v) is 3.92. The van der Waals surface area contributed by atoms with Crippen molar-refractivity contribution in [3.8, 4) is 0 Å². The monoisotopic (exact) mass is 308 g/mol. The van der Waals surface area contributed by atoms with Gasteiger partial charge in [0.2, 0.25) is 0 Å². The molecule has 1 aromatic rings. The fourth-order valence-electron chi connectivity index (χ4n) is 2.50. The van der Waals surface area contributed by atoms with Gasteiger partial charge in [-0.25, -0.2) is 9.78 Å². The van der Waals surface area contributed by atoms with Crippen molar-refractivity contribution in [2.45, 2.75) is 65.1 Å². The minimum Gasteiger partial charge on any atom is -0.444 e. The van der Waals surface area contributed by atoms with Gasteiger partial charge >= 0.3 is 6.09 Å². The van der Waals surface area contributed by atoms with Crippen LogP contribution in [0.4, 0.5) is 4.79 Å². The first kappa shape index (κ1) is 16.8. The van der Waals surface area contributed by atoms with E-state index in [4.69, 9.17) is 4.74 Å². The maximum Gasteiger partial charge on any atom is 0.407 e. The van der Waals surface area contributed by atoms with E-state index in [2.05, 4.69) is 27.5 Å². The summed E-state index contributed by atoms with van der Waals surface area (Å²) >= 11 is 0. The van der Waals surface area contributed by atoms with Crippen molar-refractivity contribution in [3.05, 3.63) is 17.7 Å². The Balaban J connectivity index is 1.86. The van der Waals surface area contributed by atoms with Crippen molar-refractivity contribution in [2.24, 2.45) is 5.92 Å². The van der Waals surface area contributed by atoms with Crippen molar-refractivity contribution in [3.63, 3.8) is 0 Å². The lowest BCUT2D eigenvalue weighted by molar-refractivity contribution is 0.0507. The minimum absolute atomic E-state index is 0.129. The number of aromatic amines is 1. The molecule has 6 heteroatoms. The van der Waals surface area contributed by atoms with E-state index in [0.717, 1.165) is 11.5 Å². The lowest BCUT2D eigenvalue weighted by Gasteiger charge is -2.32. The Morgan fingerprint density at radius 1 is 1.41 bits per heavy atom. The SMILES string of the molecule is Cc1ncc(CNC(C)(CNC(=O)OC(C)(C)C)C2CC2)[nH]1. The standard InChI is InChI=1S/C16H28N4O2/c1-11-17-8-13(20-11)9-19-16(5,12-6-7-12)10-18-14(21)22-15(2,3)4/h8,12,19H,6-7,9-10H2,1-5H3,(H,17,20)(H,18,21). The normalized spacial score (nSPS) is 17.9. The number of nitrogens with zero attached hydrogens (tertiary/aromatic N) is 1. The summed E-state index contributed by atoms with van der Waals surface area (Å²) in [7, 11) is 0. The molecule has 1 saturated carbocycles. The number of amides is 1. The molecule has 1 heterocycles. The van der Waals surface area contributed by atoms with E-state index < -0.39 is 5.60 Å². The molecule has 124 valence electrons. The van der Waals surface area contributed by atoms with Crippen LogP contribution >= 0.6 is 0 Å². The van der Waals surface area contributed by atoms with Crippen LogP contribution in [0.3, 0.4) is 0 Å². The maximum atomic E-state index is 11.8. The number of alkyl carbamates (subject to hydrolysis) is 1. The minimum atomic E-state index is -0.471. The van der Waals surface area contributed by atoms with Crippen LogP contribution in [0.1, 0.15) is 52.1 Å². The fraction of sp³-hybridized carbons (Fsp3) is 0.750. The maximum absolute atomic E-state index is 11.8. The van der Waals surface area contributed by atoms with Crippen LogP contribution in [0.5, 0.6) is 0 Å². The summed E-state index contributed by atoms with van der Waals surface area (Å²) in [5, 5.41) is 6.46. The summed E-state index contributed by atoms with van der Waals surface area (Å²) in [6.45, 7) is 11.0. The van der Waals surface area contributed by atoms with E-state index in [1.165, 1.54) is 12.8 Å². The number of hydrogen-bond acceptors (Lipinski definition) is 4. The van der Waals surface area contributed by atoms with Gasteiger partial charge in [-0.1, -0.05) is 0 Å². The van der Waals surface area contributed by atoms with Crippen LogP contribution < -0.4 is 10.6 Å². The highest BCUT2D eigenvalue weighted by molar-refractivity contribution is 5.67. The first-order chi connectivity index (χ1) is 10.2. The summed E-state index contributed by atoms with van der Waals surface area (Å²) in [6.07, 6.45) is 3.87. The number of nitrogens with one attached hydrogen (secondary N) is 3. The van der Waals surface area contributed by atoms with Crippen molar-refractivity contribution in [1.29, 1.82) is 0 Å². The van der Waals surface area contributed by atoms with Crippen LogP contribution in [0.25, 0.3) is 0 Å². The number of ether oxygens (including phenoxy) is 1. The molecule has 1 fully saturated rings.